The number of rotatable bonds is 4. The molecule has 0 aliphatic rings. The van der Waals surface area contributed by atoms with Crippen molar-refractivity contribution in [2.45, 2.75) is 39.8 Å². The summed E-state index contributed by atoms with van der Waals surface area (Å²) in [5.74, 6) is 0.552. The quantitative estimate of drug-likeness (QED) is 0.578. The third kappa shape index (κ3) is 3.07. The van der Waals surface area contributed by atoms with Crippen LogP contribution in [0.5, 0.6) is 0 Å². The lowest BCUT2D eigenvalue weighted by atomic mass is 10.1. The van der Waals surface area contributed by atoms with Gasteiger partial charge in [0.25, 0.3) is 5.91 Å². The summed E-state index contributed by atoms with van der Waals surface area (Å²) >= 11 is 0. The number of para-hydroxylation sites is 1. The zero-order valence-electron chi connectivity index (χ0n) is 15.9. The molecular weight excluding hydrogens is 340 g/mol. The summed E-state index contributed by atoms with van der Waals surface area (Å²) in [5.41, 5.74) is 2.84. The molecule has 138 valence electrons. The molecule has 0 saturated heterocycles. The van der Waals surface area contributed by atoms with E-state index in [4.69, 9.17) is 4.42 Å². The number of amides is 1. The summed E-state index contributed by atoms with van der Waals surface area (Å²) in [7, 11) is 0. The third-order valence-corrected chi connectivity index (χ3v) is 4.71. The summed E-state index contributed by atoms with van der Waals surface area (Å²) in [6.45, 7) is 7.86. The van der Waals surface area contributed by atoms with Crippen LogP contribution in [0.25, 0.3) is 22.0 Å². The van der Waals surface area contributed by atoms with Crippen LogP contribution in [0, 0.1) is 6.92 Å². The first-order valence-electron chi connectivity index (χ1n) is 9.08. The van der Waals surface area contributed by atoms with Crippen LogP contribution < -0.4 is 5.32 Å². The monoisotopic (exact) mass is 362 g/mol. The minimum Gasteiger partial charge on any atom is -0.459 e. The Morgan fingerprint density at radius 3 is 2.67 bits per heavy atom. The van der Waals surface area contributed by atoms with E-state index in [2.05, 4.69) is 29.2 Å². The Morgan fingerprint density at radius 1 is 1.15 bits per heavy atom. The van der Waals surface area contributed by atoms with E-state index in [1.807, 2.05) is 54.9 Å². The van der Waals surface area contributed by atoms with Crippen LogP contribution in [0.2, 0.25) is 0 Å². The maximum Gasteiger partial charge on any atom is 0.253 e. The molecule has 0 spiro atoms. The first kappa shape index (κ1) is 17.3. The van der Waals surface area contributed by atoms with Crippen LogP contribution in [0.1, 0.15) is 54.7 Å². The number of pyridine rings is 1. The van der Waals surface area contributed by atoms with Crippen LogP contribution in [-0.4, -0.2) is 20.7 Å². The second kappa shape index (κ2) is 6.54. The number of nitrogens with zero attached hydrogens (tertiary/aromatic N) is 3. The van der Waals surface area contributed by atoms with Gasteiger partial charge in [-0.3, -0.25) is 4.79 Å². The maximum absolute atomic E-state index is 12.8. The molecule has 3 heterocycles. The average Bonchev–Trinajstić information content (AvgIpc) is 3.24. The lowest BCUT2D eigenvalue weighted by molar-refractivity contribution is 0.0935. The Balaban J connectivity index is 1.61. The molecule has 0 fully saturated rings. The number of benzene rings is 1. The van der Waals surface area contributed by atoms with E-state index in [0.717, 1.165) is 27.8 Å². The molecule has 0 aliphatic carbocycles. The molecule has 1 amide bonds. The van der Waals surface area contributed by atoms with Gasteiger partial charge in [-0.1, -0.05) is 18.2 Å². The molecule has 0 aliphatic heterocycles. The van der Waals surface area contributed by atoms with Crippen LogP contribution in [0.4, 0.5) is 0 Å². The smallest absolute Gasteiger partial charge is 0.253 e. The van der Waals surface area contributed by atoms with Crippen molar-refractivity contribution in [3.63, 3.8) is 0 Å². The second-order valence-corrected chi connectivity index (χ2v) is 7.10. The minimum absolute atomic E-state index is 0.174. The van der Waals surface area contributed by atoms with Crippen LogP contribution in [0.3, 0.4) is 0 Å². The molecule has 1 aromatic carbocycles. The topological polar surface area (TPSA) is 73.0 Å². The Labute approximate surface area is 157 Å². The number of nitrogens with one attached hydrogen (secondary N) is 1. The van der Waals surface area contributed by atoms with Gasteiger partial charge in [-0.05, 0) is 45.9 Å². The number of aromatic nitrogens is 3. The molecule has 0 bridgehead atoms. The van der Waals surface area contributed by atoms with Gasteiger partial charge in [0, 0.05) is 16.8 Å². The highest BCUT2D eigenvalue weighted by atomic mass is 16.3. The zero-order valence-corrected chi connectivity index (χ0v) is 15.9. The molecular formula is C21H22N4O2. The highest BCUT2D eigenvalue weighted by Gasteiger charge is 2.19. The van der Waals surface area contributed by atoms with Gasteiger partial charge in [-0.2, -0.15) is 5.10 Å². The first-order valence-corrected chi connectivity index (χ1v) is 9.08. The van der Waals surface area contributed by atoms with E-state index in [1.54, 1.807) is 6.20 Å². The summed E-state index contributed by atoms with van der Waals surface area (Å²) in [4.78, 5) is 17.4. The largest absolute Gasteiger partial charge is 0.459 e. The number of fused-ring (bicyclic) bond motifs is 2. The maximum atomic E-state index is 12.8. The number of carbonyl (C=O) groups excluding carboxylic acids is 1. The van der Waals surface area contributed by atoms with E-state index < -0.39 is 0 Å². The number of furan rings is 1. The van der Waals surface area contributed by atoms with Crippen molar-refractivity contribution in [1.82, 2.24) is 20.1 Å². The Morgan fingerprint density at radius 2 is 1.93 bits per heavy atom. The minimum atomic E-state index is -0.251. The molecule has 1 N–H and O–H groups in total. The summed E-state index contributed by atoms with van der Waals surface area (Å²) < 4.78 is 7.72. The molecule has 0 radical (unpaired) electrons. The van der Waals surface area contributed by atoms with Crippen molar-refractivity contribution in [2.75, 3.05) is 0 Å². The number of carbonyl (C=O) groups is 1. The van der Waals surface area contributed by atoms with Crippen LogP contribution in [-0.2, 0) is 0 Å². The zero-order chi connectivity index (χ0) is 19.1. The second-order valence-electron chi connectivity index (χ2n) is 7.10. The average molecular weight is 362 g/mol. The summed E-state index contributed by atoms with van der Waals surface area (Å²) in [6.07, 6.45) is 1.75. The van der Waals surface area contributed by atoms with Gasteiger partial charge >= 0.3 is 0 Å². The lowest BCUT2D eigenvalue weighted by Crippen LogP contribution is -2.27. The molecule has 3 aromatic heterocycles. The molecule has 4 aromatic rings. The predicted molar refractivity (Wildman–Crippen MR) is 105 cm³/mol. The van der Waals surface area contributed by atoms with Gasteiger partial charge in [-0.15, -0.1) is 0 Å². The number of hydrogen-bond donors (Lipinski definition) is 1. The normalized spacial score (nSPS) is 12.8. The third-order valence-electron chi connectivity index (χ3n) is 4.71. The van der Waals surface area contributed by atoms with E-state index >= 15 is 0 Å². The number of hydrogen-bond acceptors (Lipinski definition) is 4. The summed E-state index contributed by atoms with van der Waals surface area (Å²) in [6, 6.07) is 11.6. The molecule has 0 saturated carbocycles. The van der Waals surface area contributed by atoms with E-state index in [-0.39, 0.29) is 18.0 Å². The fourth-order valence-corrected chi connectivity index (χ4v) is 3.23. The predicted octanol–water partition coefficient (Wildman–Crippen LogP) is 4.56. The molecule has 1 atom stereocenters. The van der Waals surface area contributed by atoms with Crippen LogP contribution in [0.15, 0.2) is 47.0 Å². The van der Waals surface area contributed by atoms with E-state index in [1.165, 1.54) is 0 Å². The van der Waals surface area contributed by atoms with Crippen molar-refractivity contribution in [3.8, 4) is 0 Å². The van der Waals surface area contributed by atoms with Gasteiger partial charge in [0.05, 0.1) is 23.5 Å². The lowest BCUT2D eigenvalue weighted by Gasteiger charge is -2.13. The van der Waals surface area contributed by atoms with Crippen molar-refractivity contribution in [1.29, 1.82) is 0 Å². The summed E-state index contributed by atoms with van der Waals surface area (Å²) in [5, 5.41) is 9.26. The van der Waals surface area contributed by atoms with Gasteiger partial charge in [-0.25, -0.2) is 9.67 Å². The number of aryl methyl sites for hydroxylation is 1. The highest BCUT2D eigenvalue weighted by Crippen LogP contribution is 2.24. The molecule has 1 unspecified atom stereocenters. The van der Waals surface area contributed by atoms with Gasteiger partial charge in [0.2, 0.25) is 0 Å². The molecule has 4 rings (SSSR count). The van der Waals surface area contributed by atoms with Gasteiger partial charge in [0.1, 0.15) is 11.3 Å². The molecule has 27 heavy (non-hydrogen) atoms. The fraction of sp³-hybridized carbons (Fsp3) is 0.286. The molecule has 6 heteroatoms. The van der Waals surface area contributed by atoms with Crippen molar-refractivity contribution >= 4 is 27.9 Å². The first-order chi connectivity index (χ1) is 12.9. The SMILES string of the molecule is Cc1nc2c(cnn2C(C)C)cc1C(=O)NC(C)c1cc2ccccc2o1. The van der Waals surface area contributed by atoms with Gasteiger partial charge in [0.15, 0.2) is 5.65 Å². The van der Waals surface area contributed by atoms with Crippen molar-refractivity contribution in [3.05, 3.63) is 59.6 Å². The standard InChI is InChI=1S/C21H22N4O2/c1-12(2)25-20-16(11-22-25)9-17(13(3)23-20)21(26)24-14(4)19-10-15-7-5-6-8-18(15)27-19/h5-12,14H,1-4H3,(H,24,26). The molecule has 6 nitrogen and oxygen atoms in total. The van der Waals surface area contributed by atoms with Crippen LogP contribution >= 0.6 is 0 Å². The Bertz CT molecular complexity index is 1110. The Kier molecular flexibility index (Phi) is 4.18. The highest BCUT2D eigenvalue weighted by molar-refractivity contribution is 5.98. The fourth-order valence-electron chi connectivity index (χ4n) is 3.23. The van der Waals surface area contributed by atoms with Crippen molar-refractivity contribution in [2.24, 2.45) is 0 Å². The van der Waals surface area contributed by atoms with Gasteiger partial charge < -0.3 is 9.73 Å². The van der Waals surface area contributed by atoms with E-state index in [9.17, 15) is 4.79 Å². The van der Waals surface area contributed by atoms with Crippen molar-refractivity contribution < 1.29 is 9.21 Å². The Hall–Kier alpha value is -3.15. The van der Waals surface area contributed by atoms with E-state index in [0.29, 0.717) is 11.3 Å².